The van der Waals surface area contributed by atoms with Crippen LogP contribution < -0.4 is 20.2 Å². The average Bonchev–Trinajstić information content (AvgIpc) is 3.88. The first-order valence-corrected chi connectivity index (χ1v) is 17.4. The summed E-state index contributed by atoms with van der Waals surface area (Å²) in [6, 6.07) is 21.7. The molecule has 4 heterocycles. The molecule has 0 spiro atoms. The molecule has 7 rings (SSSR count). The minimum atomic E-state index is -1.10. The molecule has 13 heteroatoms. The van der Waals surface area contributed by atoms with Crippen molar-refractivity contribution in [1.82, 2.24) is 23.9 Å². The van der Waals surface area contributed by atoms with Crippen molar-refractivity contribution in [3.63, 3.8) is 0 Å². The highest BCUT2D eigenvalue weighted by molar-refractivity contribution is 6.35. The average molecular weight is 705 g/mol. The molecule has 2 aliphatic rings. The number of aromatic nitrogens is 5. The van der Waals surface area contributed by atoms with Crippen molar-refractivity contribution in [2.75, 3.05) is 49.2 Å². The van der Waals surface area contributed by atoms with Crippen LogP contribution in [0.3, 0.4) is 0 Å². The van der Waals surface area contributed by atoms with Crippen molar-refractivity contribution < 1.29 is 14.2 Å². The van der Waals surface area contributed by atoms with Crippen LogP contribution in [-0.2, 0) is 28.4 Å². The lowest BCUT2D eigenvalue weighted by Crippen LogP contribution is -2.46. The molecule has 2 saturated heterocycles. The first kappa shape index (κ1) is 33.2. The van der Waals surface area contributed by atoms with E-state index < -0.39 is 5.79 Å². The van der Waals surface area contributed by atoms with E-state index in [2.05, 4.69) is 51.1 Å². The Bertz CT molecular complexity index is 1890. The molecule has 0 unspecified atom stereocenters. The van der Waals surface area contributed by atoms with Crippen molar-refractivity contribution in [3.05, 3.63) is 118 Å². The predicted molar refractivity (Wildman–Crippen MR) is 190 cm³/mol. The summed E-state index contributed by atoms with van der Waals surface area (Å²) in [5.74, 6) is -0.333. The lowest BCUT2D eigenvalue weighted by Gasteiger charge is -2.37. The molecule has 256 valence electrons. The molecule has 2 aliphatic heterocycles. The van der Waals surface area contributed by atoms with Gasteiger partial charge in [0.2, 0.25) is 5.79 Å². The van der Waals surface area contributed by atoms with E-state index in [9.17, 15) is 4.79 Å². The molecule has 0 radical (unpaired) electrons. The Kier molecular flexibility index (Phi) is 9.95. The monoisotopic (exact) mass is 703 g/mol. The molecular formula is C36H39Cl2N7O4. The summed E-state index contributed by atoms with van der Waals surface area (Å²) < 4.78 is 24.0. The SMILES string of the molecule is CCCCn1ncn(-c2ccc(N3CCN(c4ccc(OC[C@@H]5CO[C@@](Cn6ccnc6)(c6ccc(Cl)cc6Cl)O5)cc4)CC3)cc2)c1=O. The molecule has 0 amide bonds. The van der Waals surface area contributed by atoms with Gasteiger partial charge in [-0.15, -0.1) is 0 Å². The zero-order chi connectivity index (χ0) is 33.8. The standard InChI is InChI=1S/C36H39Cl2N7O4/c1-2-3-15-45-35(46)44(26-40-45)30-7-5-28(6-8-30)42-17-19-43(20-18-42)29-9-11-31(12-10-29)47-22-32-23-48-36(49-32,24-41-16-14-39-25-41)33-13-4-27(37)21-34(33)38/h4-14,16,21,25-26,32H,2-3,15,17-20,22-24H2,1H3/t32-,36-/m1/s1. The highest BCUT2D eigenvalue weighted by Crippen LogP contribution is 2.40. The molecule has 0 N–H and O–H groups in total. The van der Waals surface area contributed by atoms with Gasteiger partial charge in [-0.25, -0.2) is 19.0 Å². The highest BCUT2D eigenvalue weighted by atomic mass is 35.5. The Morgan fingerprint density at radius 1 is 0.918 bits per heavy atom. The summed E-state index contributed by atoms with van der Waals surface area (Å²) in [6.07, 6.45) is 8.55. The predicted octanol–water partition coefficient (Wildman–Crippen LogP) is 6.01. The number of unbranched alkanes of at least 4 members (excludes halogenated alkanes) is 1. The van der Waals surface area contributed by atoms with Gasteiger partial charge in [0.15, 0.2) is 0 Å². The summed E-state index contributed by atoms with van der Waals surface area (Å²) in [7, 11) is 0. The molecule has 3 aromatic carbocycles. The second-order valence-electron chi connectivity index (χ2n) is 12.3. The van der Waals surface area contributed by atoms with Gasteiger partial charge < -0.3 is 28.6 Å². The van der Waals surface area contributed by atoms with Crippen LogP contribution in [0.5, 0.6) is 5.75 Å². The molecule has 0 bridgehead atoms. The van der Waals surface area contributed by atoms with Crippen LogP contribution in [0.1, 0.15) is 25.3 Å². The maximum atomic E-state index is 12.7. The Hall–Kier alpha value is -4.29. The van der Waals surface area contributed by atoms with Gasteiger partial charge in [-0.1, -0.05) is 42.6 Å². The summed E-state index contributed by atoms with van der Waals surface area (Å²) in [5.41, 5.74) is 3.72. The first-order valence-electron chi connectivity index (χ1n) is 16.6. The topological polar surface area (TPSA) is 91.8 Å². The van der Waals surface area contributed by atoms with Gasteiger partial charge in [-0.05, 0) is 67.1 Å². The number of hydrogen-bond acceptors (Lipinski definition) is 8. The van der Waals surface area contributed by atoms with Gasteiger partial charge in [0, 0.05) is 67.1 Å². The second kappa shape index (κ2) is 14.7. The van der Waals surface area contributed by atoms with E-state index in [1.807, 2.05) is 41.1 Å². The smallest absolute Gasteiger partial charge is 0.350 e. The maximum Gasteiger partial charge on any atom is 0.350 e. The van der Waals surface area contributed by atoms with Gasteiger partial charge in [0.05, 0.1) is 30.2 Å². The van der Waals surface area contributed by atoms with E-state index in [1.165, 1.54) is 4.68 Å². The Balaban J connectivity index is 0.919. The minimum Gasteiger partial charge on any atom is -0.491 e. The van der Waals surface area contributed by atoms with Crippen LogP contribution in [0.15, 0.2) is 96.6 Å². The quantitative estimate of drug-likeness (QED) is 0.156. The largest absolute Gasteiger partial charge is 0.491 e. The van der Waals surface area contributed by atoms with Crippen LogP contribution >= 0.6 is 23.2 Å². The van der Waals surface area contributed by atoms with Crippen LogP contribution in [-0.4, -0.2) is 69.4 Å². The van der Waals surface area contributed by atoms with E-state index in [0.717, 1.165) is 61.8 Å². The van der Waals surface area contributed by atoms with Gasteiger partial charge >= 0.3 is 5.69 Å². The fraction of sp³-hybridized carbons (Fsp3) is 0.361. The number of aryl methyl sites for hydroxylation is 1. The number of halogens is 2. The lowest BCUT2D eigenvalue weighted by atomic mass is 10.1. The van der Waals surface area contributed by atoms with Gasteiger partial charge in [0.25, 0.3) is 0 Å². The molecule has 49 heavy (non-hydrogen) atoms. The van der Waals surface area contributed by atoms with E-state index in [4.69, 9.17) is 37.4 Å². The molecule has 0 saturated carbocycles. The fourth-order valence-electron chi connectivity index (χ4n) is 6.34. The minimum absolute atomic E-state index is 0.102. The molecule has 2 fully saturated rings. The summed E-state index contributed by atoms with van der Waals surface area (Å²) in [5, 5.41) is 5.29. The fourth-order valence-corrected chi connectivity index (χ4v) is 6.89. The number of piperazine rings is 1. The Morgan fingerprint density at radius 3 is 2.27 bits per heavy atom. The van der Waals surface area contributed by atoms with Crippen molar-refractivity contribution in [2.45, 2.75) is 44.7 Å². The molecule has 2 aromatic heterocycles. The zero-order valence-corrected chi connectivity index (χ0v) is 28.8. The molecule has 2 atom stereocenters. The third-order valence-electron chi connectivity index (χ3n) is 9.02. The summed E-state index contributed by atoms with van der Waals surface area (Å²) in [6.45, 7) is 7.37. The number of nitrogens with zero attached hydrogens (tertiary/aromatic N) is 7. The first-order chi connectivity index (χ1) is 23.9. The van der Waals surface area contributed by atoms with E-state index in [1.54, 1.807) is 35.6 Å². The third-order valence-corrected chi connectivity index (χ3v) is 9.57. The molecule has 0 aliphatic carbocycles. The second-order valence-corrected chi connectivity index (χ2v) is 13.2. The van der Waals surface area contributed by atoms with E-state index >= 15 is 0 Å². The van der Waals surface area contributed by atoms with Gasteiger partial charge in [-0.3, -0.25) is 0 Å². The maximum absolute atomic E-state index is 12.7. The zero-order valence-electron chi connectivity index (χ0n) is 27.3. The number of hydrogen-bond donors (Lipinski definition) is 0. The Morgan fingerprint density at radius 2 is 1.61 bits per heavy atom. The van der Waals surface area contributed by atoms with Crippen molar-refractivity contribution in [3.8, 4) is 11.4 Å². The lowest BCUT2D eigenvalue weighted by molar-refractivity contribution is -0.189. The van der Waals surface area contributed by atoms with Crippen LogP contribution in [0.4, 0.5) is 11.4 Å². The number of ether oxygens (including phenoxy) is 3. The third kappa shape index (κ3) is 7.35. The number of anilines is 2. The number of benzene rings is 3. The van der Waals surface area contributed by atoms with Crippen molar-refractivity contribution in [2.24, 2.45) is 0 Å². The van der Waals surface area contributed by atoms with Gasteiger partial charge in [-0.2, -0.15) is 5.10 Å². The summed E-state index contributed by atoms with van der Waals surface area (Å²) >= 11 is 12.8. The van der Waals surface area contributed by atoms with Crippen LogP contribution in [0.25, 0.3) is 5.69 Å². The van der Waals surface area contributed by atoms with E-state index in [0.29, 0.717) is 41.9 Å². The molecular weight excluding hydrogens is 665 g/mol. The van der Waals surface area contributed by atoms with Crippen LogP contribution in [0, 0.1) is 0 Å². The van der Waals surface area contributed by atoms with Gasteiger partial charge in [0.1, 0.15) is 24.8 Å². The molecule has 11 nitrogen and oxygen atoms in total. The Labute approximate surface area is 295 Å². The van der Waals surface area contributed by atoms with E-state index in [-0.39, 0.29) is 11.8 Å². The number of imidazole rings is 1. The van der Waals surface area contributed by atoms with Crippen molar-refractivity contribution >= 4 is 34.6 Å². The summed E-state index contributed by atoms with van der Waals surface area (Å²) in [4.78, 5) is 21.6. The highest BCUT2D eigenvalue weighted by Gasteiger charge is 2.45. The van der Waals surface area contributed by atoms with Crippen LogP contribution in [0.2, 0.25) is 10.0 Å². The number of rotatable bonds is 12. The normalized spacial score (nSPS) is 19.4. The molecule has 5 aromatic rings. The van der Waals surface area contributed by atoms with Crippen molar-refractivity contribution in [1.29, 1.82) is 0 Å².